The van der Waals surface area contributed by atoms with E-state index in [4.69, 9.17) is 12.2 Å². The summed E-state index contributed by atoms with van der Waals surface area (Å²) < 4.78 is 0. The summed E-state index contributed by atoms with van der Waals surface area (Å²) in [4.78, 5) is 22.2. The van der Waals surface area contributed by atoms with Gasteiger partial charge < -0.3 is 5.32 Å². The van der Waals surface area contributed by atoms with Crippen LogP contribution in [0.2, 0.25) is 0 Å². The molecule has 0 heterocycles. The second-order valence-electron chi connectivity index (χ2n) is 5.51. The molecule has 0 radical (unpaired) electrons. The van der Waals surface area contributed by atoms with E-state index in [0.29, 0.717) is 5.56 Å². The molecule has 0 saturated heterocycles. The fraction of sp³-hybridized carbons (Fsp3) is 0.111. The second kappa shape index (κ2) is 8.16. The number of nitro groups is 1. The van der Waals surface area contributed by atoms with Gasteiger partial charge in [0.1, 0.15) is 0 Å². The minimum atomic E-state index is -0.486. The molecule has 0 atom stereocenters. The van der Waals surface area contributed by atoms with Crippen LogP contribution in [0.5, 0.6) is 0 Å². The predicted octanol–water partition coefficient (Wildman–Crippen LogP) is 3.74. The van der Waals surface area contributed by atoms with Crippen LogP contribution in [-0.2, 0) is 4.79 Å². The fourth-order valence-electron chi connectivity index (χ4n) is 2.28. The monoisotopic (exact) mass is 355 g/mol. The SMILES string of the molecule is Cc1cc(C)cc(NC(=S)NC(=O)/C=C/c2cccc([N+](=O)[O-])c2)c1. The number of benzene rings is 2. The van der Waals surface area contributed by atoms with Gasteiger partial charge in [0.25, 0.3) is 5.69 Å². The lowest BCUT2D eigenvalue weighted by Crippen LogP contribution is -2.32. The smallest absolute Gasteiger partial charge is 0.270 e. The molecule has 25 heavy (non-hydrogen) atoms. The van der Waals surface area contributed by atoms with Crippen molar-refractivity contribution in [2.75, 3.05) is 5.32 Å². The number of nitro benzene ring substituents is 1. The third-order valence-electron chi connectivity index (χ3n) is 3.22. The van der Waals surface area contributed by atoms with Crippen molar-refractivity contribution < 1.29 is 9.72 Å². The van der Waals surface area contributed by atoms with Gasteiger partial charge in [0.2, 0.25) is 5.91 Å². The van der Waals surface area contributed by atoms with E-state index in [-0.39, 0.29) is 10.8 Å². The first-order valence-corrected chi connectivity index (χ1v) is 7.87. The number of hydrogen-bond donors (Lipinski definition) is 2. The maximum atomic E-state index is 11.9. The molecule has 0 fully saturated rings. The first-order chi connectivity index (χ1) is 11.8. The van der Waals surface area contributed by atoms with E-state index in [0.717, 1.165) is 16.8 Å². The second-order valence-corrected chi connectivity index (χ2v) is 5.91. The number of thiocarbonyl (C=S) groups is 1. The van der Waals surface area contributed by atoms with Gasteiger partial charge in [-0.2, -0.15) is 0 Å². The van der Waals surface area contributed by atoms with E-state index < -0.39 is 10.8 Å². The largest absolute Gasteiger partial charge is 0.332 e. The molecular weight excluding hydrogens is 338 g/mol. The molecule has 0 aromatic heterocycles. The van der Waals surface area contributed by atoms with Crippen LogP contribution >= 0.6 is 12.2 Å². The Morgan fingerprint density at radius 1 is 1.16 bits per heavy atom. The van der Waals surface area contributed by atoms with E-state index >= 15 is 0 Å². The molecule has 0 bridgehead atoms. The van der Waals surface area contributed by atoms with Crippen LogP contribution in [0.15, 0.2) is 48.5 Å². The standard InChI is InChI=1S/C18H17N3O3S/c1-12-8-13(2)10-15(9-12)19-18(25)20-17(22)7-6-14-4-3-5-16(11-14)21(23)24/h3-11H,1-2H3,(H2,19,20,22,25)/b7-6+. The molecule has 0 aliphatic carbocycles. The molecule has 0 saturated carbocycles. The van der Waals surface area contributed by atoms with Gasteiger partial charge in [-0.3, -0.25) is 20.2 Å². The average Bonchev–Trinajstić information content (AvgIpc) is 2.52. The van der Waals surface area contributed by atoms with Crippen molar-refractivity contribution in [2.45, 2.75) is 13.8 Å². The molecule has 2 N–H and O–H groups in total. The topological polar surface area (TPSA) is 84.3 Å². The van der Waals surface area contributed by atoms with E-state index in [1.807, 2.05) is 32.0 Å². The van der Waals surface area contributed by atoms with Crippen LogP contribution < -0.4 is 10.6 Å². The molecule has 2 aromatic carbocycles. The zero-order valence-corrected chi connectivity index (χ0v) is 14.6. The van der Waals surface area contributed by atoms with Gasteiger partial charge in [-0.15, -0.1) is 0 Å². The van der Waals surface area contributed by atoms with Crippen LogP contribution in [0, 0.1) is 24.0 Å². The maximum Gasteiger partial charge on any atom is 0.270 e. The van der Waals surface area contributed by atoms with E-state index in [1.54, 1.807) is 12.1 Å². The number of rotatable bonds is 4. The van der Waals surface area contributed by atoms with Gasteiger partial charge in [-0.05, 0) is 61.0 Å². The Kier molecular flexibility index (Phi) is 5.97. The van der Waals surface area contributed by atoms with Gasteiger partial charge in [-0.1, -0.05) is 18.2 Å². The van der Waals surface area contributed by atoms with Crippen molar-refractivity contribution in [2.24, 2.45) is 0 Å². The molecule has 128 valence electrons. The van der Waals surface area contributed by atoms with Crippen molar-refractivity contribution in [1.29, 1.82) is 0 Å². The van der Waals surface area contributed by atoms with Crippen molar-refractivity contribution in [3.05, 3.63) is 75.3 Å². The zero-order chi connectivity index (χ0) is 18.4. The number of anilines is 1. The third-order valence-corrected chi connectivity index (χ3v) is 3.43. The summed E-state index contributed by atoms with van der Waals surface area (Å²) in [5.74, 6) is -0.423. The highest BCUT2D eigenvalue weighted by atomic mass is 32.1. The van der Waals surface area contributed by atoms with Crippen molar-refractivity contribution >= 4 is 40.7 Å². The lowest BCUT2D eigenvalue weighted by atomic mass is 10.1. The molecule has 1 amide bonds. The first kappa shape index (κ1) is 18.3. The quantitative estimate of drug-likeness (QED) is 0.378. The fourth-order valence-corrected chi connectivity index (χ4v) is 2.50. The Hall–Kier alpha value is -3.06. The summed E-state index contributed by atoms with van der Waals surface area (Å²) in [7, 11) is 0. The Morgan fingerprint density at radius 3 is 2.48 bits per heavy atom. The first-order valence-electron chi connectivity index (χ1n) is 7.46. The Labute approximate surface area is 150 Å². The van der Waals surface area contributed by atoms with Crippen molar-refractivity contribution in [3.63, 3.8) is 0 Å². The summed E-state index contributed by atoms with van der Waals surface area (Å²) in [5.41, 5.74) is 3.49. The summed E-state index contributed by atoms with van der Waals surface area (Å²) in [5, 5.41) is 16.4. The molecule has 7 heteroatoms. The highest BCUT2D eigenvalue weighted by Gasteiger charge is 2.05. The minimum Gasteiger partial charge on any atom is -0.332 e. The molecule has 0 spiro atoms. The maximum absolute atomic E-state index is 11.9. The van der Waals surface area contributed by atoms with E-state index in [1.165, 1.54) is 24.3 Å². The number of hydrogen-bond acceptors (Lipinski definition) is 4. The lowest BCUT2D eigenvalue weighted by molar-refractivity contribution is -0.384. The van der Waals surface area contributed by atoms with Crippen LogP contribution in [0.1, 0.15) is 16.7 Å². The van der Waals surface area contributed by atoms with Crippen LogP contribution in [0.3, 0.4) is 0 Å². The highest BCUT2D eigenvalue weighted by molar-refractivity contribution is 7.80. The van der Waals surface area contributed by atoms with Crippen LogP contribution in [-0.4, -0.2) is 15.9 Å². The molecule has 0 aliphatic heterocycles. The number of carbonyl (C=O) groups excluding carboxylic acids is 1. The Morgan fingerprint density at radius 2 is 1.84 bits per heavy atom. The number of non-ortho nitro benzene ring substituents is 1. The normalized spacial score (nSPS) is 10.5. The summed E-state index contributed by atoms with van der Waals surface area (Å²) >= 11 is 5.12. The van der Waals surface area contributed by atoms with Gasteiger partial charge >= 0.3 is 0 Å². The summed E-state index contributed by atoms with van der Waals surface area (Å²) in [6, 6.07) is 11.9. The third kappa shape index (κ3) is 5.82. The average molecular weight is 355 g/mol. The number of nitrogens with one attached hydrogen (secondary N) is 2. The van der Waals surface area contributed by atoms with E-state index in [2.05, 4.69) is 10.6 Å². The molecule has 0 unspecified atom stereocenters. The highest BCUT2D eigenvalue weighted by Crippen LogP contribution is 2.14. The molecule has 6 nitrogen and oxygen atoms in total. The number of nitrogens with zero attached hydrogens (tertiary/aromatic N) is 1. The van der Waals surface area contributed by atoms with Crippen LogP contribution in [0.25, 0.3) is 6.08 Å². The van der Waals surface area contributed by atoms with E-state index in [9.17, 15) is 14.9 Å². The number of carbonyl (C=O) groups is 1. The zero-order valence-electron chi connectivity index (χ0n) is 13.8. The molecule has 2 aromatic rings. The predicted molar refractivity (Wildman–Crippen MR) is 102 cm³/mol. The molecule has 2 rings (SSSR count). The van der Waals surface area contributed by atoms with Crippen molar-refractivity contribution in [1.82, 2.24) is 5.32 Å². The Balaban J connectivity index is 1.96. The lowest BCUT2D eigenvalue weighted by Gasteiger charge is -2.09. The molecule has 0 aliphatic rings. The van der Waals surface area contributed by atoms with Gasteiger partial charge in [0.15, 0.2) is 5.11 Å². The summed E-state index contributed by atoms with van der Waals surface area (Å²) in [6.07, 6.45) is 2.76. The number of amides is 1. The van der Waals surface area contributed by atoms with Crippen LogP contribution in [0.4, 0.5) is 11.4 Å². The molecular formula is C18H17N3O3S. The van der Waals surface area contributed by atoms with Crippen molar-refractivity contribution in [3.8, 4) is 0 Å². The summed E-state index contributed by atoms with van der Waals surface area (Å²) in [6.45, 7) is 3.95. The van der Waals surface area contributed by atoms with Gasteiger partial charge in [-0.25, -0.2) is 0 Å². The minimum absolute atomic E-state index is 0.0328. The van der Waals surface area contributed by atoms with Gasteiger partial charge in [0.05, 0.1) is 4.92 Å². The number of aryl methyl sites for hydroxylation is 2. The Bertz CT molecular complexity index is 842. The van der Waals surface area contributed by atoms with Gasteiger partial charge in [0, 0.05) is 23.9 Å².